The van der Waals surface area contributed by atoms with E-state index >= 15 is 0 Å². The second-order valence-corrected chi connectivity index (χ2v) is 8.37. The summed E-state index contributed by atoms with van der Waals surface area (Å²) in [6.45, 7) is 7.52. The number of carbonyl (C=O) groups excluding carboxylic acids is 3. The summed E-state index contributed by atoms with van der Waals surface area (Å²) >= 11 is 0. The molecule has 0 aliphatic carbocycles. The number of hydrogen-bond acceptors (Lipinski definition) is 4. The summed E-state index contributed by atoms with van der Waals surface area (Å²) in [5, 5.41) is 8.02. The molecule has 7 heteroatoms. The van der Waals surface area contributed by atoms with Crippen molar-refractivity contribution in [2.24, 2.45) is 0 Å². The van der Waals surface area contributed by atoms with E-state index in [0.29, 0.717) is 25.1 Å². The molecule has 0 bridgehead atoms. The van der Waals surface area contributed by atoms with Crippen LogP contribution in [0.25, 0.3) is 0 Å². The van der Waals surface area contributed by atoms with Gasteiger partial charge in [0, 0.05) is 18.7 Å². The minimum Gasteiger partial charge on any atom is -0.444 e. The van der Waals surface area contributed by atoms with E-state index in [-0.39, 0.29) is 18.4 Å². The fraction of sp³-hybridized carbons (Fsp3) is 0.375. The largest absolute Gasteiger partial charge is 0.444 e. The SMILES string of the molecule is Cc1cccc(CCC(=O)NCc2ccc(NC(=O)CNC(=O)OC(C)(C)C)cc2)c1. The Morgan fingerprint density at radius 3 is 2.26 bits per heavy atom. The van der Waals surface area contributed by atoms with Crippen LogP contribution in [0.15, 0.2) is 48.5 Å². The molecular weight excluding hydrogens is 394 g/mol. The topological polar surface area (TPSA) is 96.5 Å². The van der Waals surface area contributed by atoms with Crippen molar-refractivity contribution in [2.45, 2.75) is 52.7 Å². The Balaban J connectivity index is 1.70. The fourth-order valence-electron chi connectivity index (χ4n) is 2.79. The number of benzene rings is 2. The first-order valence-electron chi connectivity index (χ1n) is 10.3. The zero-order valence-corrected chi connectivity index (χ0v) is 18.6. The first-order chi connectivity index (χ1) is 14.6. The van der Waals surface area contributed by atoms with Gasteiger partial charge in [0.1, 0.15) is 12.1 Å². The van der Waals surface area contributed by atoms with E-state index in [0.717, 1.165) is 11.1 Å². The highest BCUT2D eigenvalue weighted by Gasteiger charge is 2.16. The van der Waals surface area contributed by atoms with Gasteiger partial charge in [-0.2, -0.15) is 0 Å². The molecule has 7 nitrogen and oxygen atoms in total. The van der Waals surface area contributed by atoms with Crippen molar-refractivity contribution < 1.29 is 19.1 Å². The summed E-state index contributed by atoms with van der Waals surface area (Å²) in [6, 6.07) is 15.3. The van der Waals surface area contributed by atoms with Crippen molar-refractivity contribution in [3.63, 3.8) is 0 Å². The van der Waals surface area contributed by atoms with E-state index < -0.39 is 11.7 Å². The van der Waals surface area contributed by atoms with E-state index in [1.807, 2.05) is 37.3 Å². The molecule has 0 aromatic heterocycles. The van der Waals surface area contributed by atoms with Gasteiger partial charge in [0.15, 0.2) is 0 Å². The lowest BCUT2D eigenvalue weighted by Crippen LogP contribution is -2.37. The Labute approximate surface area is 183 Å². The van der Waals surface area contributed by atoms with Gasteiger partial charge >= 0.3 is 6.09 Å². The number of aryl methyl sites for hydroxylation is 2. The van der Waals surface area contributed by atoms with Crippen molar-refractivity contribution in [3.05, 3.63) is 65.2 Å². The molecule has 0 heterocycles. The number of ether oxygens (including phenoxy) is 1. The van der Waals surface area contributed by atoms with Crippen LogP contribution >= 0.6 is 0 Å². The van der Waals surface area contributed by atoms with E-state index in [9.17, 15) is 14.4 Å². The Kier molecular flexibility index (Phi) is 8.61. The van der Waals surface area contributed by atoms with Crippen LogP contribution in [-0.2, 0) is 27.3 Å². The van der Waals surface area contributed by atoms with E-state index in [2.05, 4.69) is 22.0 Å². The number of rotatable bonds is 8. The normalized spacial score (nSPS) is 10.8. The number of anilines is 1. The Morgan fingerprint density at radius 1 is 0.903 bits per heavy atom. The average molecular weight is 426 g/mol. The lowest BCUT2D eigenvalue weighted by Gasteiger charge is -2.19. The van der Waals surface area contributed by atoms with Crippen LogP contribution < -0.4 is 16.0 Å². The maximum absolute atomic E-state index is 12.1. The Hall–Kier alpha value is -3.35. The molecule has 3 N–H and O–H groups in total. The van der Waals surface area contributed by atoms with Crippen LogP contribution in [0.4, 0.5) is 10.5 Å². The molecule has 0 fully saturated rings. The minimum absolute atomic E-state index is 0.00731. The number of hydrogen-bond donors (Lipinski definition) is 3. The summed E-state index contributed by atoms with van der Waals surface area (Å²) in [6.07, 6.45) is 0.494. The molecule has 0 aliphatic rings. The molecule has 2 rings (SSSR count). The van der Waals surface area contributed by atoms with Gasteiger partial charge in [-0.05, 0) is 57.4 Å². The van der Waals surface area contributed by atoms with Gasteiger partial charge in [0.05, 0.1) is 0 Å². The second-order valence-electron chi connectivity index (χ2n) is 8.37. The zero-order chi connectivity index (χ0) is 22.9. The molecule has 0 saturated heterocycles. The van der Waals surface area contributed by atoms with Gasteiger partial charge < -0.3 is 20.7 Å². The highest BCUT2D eigenvalue weighted by atomic mass is 16.6. The van der Waals surface area contributed by atoms with Crippen molar-refractivity contribution >= 4 is 23.6 Å². The maximum Gasteiger partial charge on any atom is 0.408 e. The van der Waals surface area contributed by atoms with Gasteiger partial charge in [-0.25, -0.2) is 4.79 Å². The second kappa shape index (κ2) is 11.2. The van der Waals surface area contributed by atoms with Crippen molar-refractivity contribution in [1.82, 2.24) is 10.6 Å². The molecule has 2 aromatic rings. The quantitative estimate of drug-likeness (QED) is 0.601. The standard InChI is InChI=1S/C24H31N3O4/c1-17-6-5-7-18(14-17)10-13-21(28)25-15-19-8-11-20(12-9-19)27-22(29)16-26-23(30)31-24(2,3)4/h5-9,11-12,14H,10,13,15-16H2,1-4H3,(H,25,28)(H,26,30)(H,27,29). The van der Waals surface area contributed by atoms with Gasteiger partial charge in [-0.15, -0.1) is 0 Å². The summed E-state index contributed by atoms with van der Waals surface area (Å²) in [4.78, 5) is 35.6. The van der Waals surface area contributed by atoms with Crippen LogP contribution in [0.2, 0.25) is 0 Å². The van der Waals surface area contributed by atoms with Crippen LogP contribution in [0.3, 0.4) is 0 Å². The van der Waals surface area contributed by atoms with Crippen LogP contribution in [-0.4, -0.2) is 30.1 Å². The van der Waals surface area contributed by atoms with Crippen molar-refractivity contribution in [3.8, 4) is 0 Å². The Bertz CT molecular complexity index is 902. The maximum atomic E-state index is 12.1. The number of carbonyl (C=O) groups is 3. The first-order valence-corrected chi connectivity index (χ1v) is 10.3. The zero-order valence-electron chi connectivity index (χ0n) is 18.6. The molecular formula is C24H31N3O4. The highest BCUT2D eigenvalue weighted by Crippen LogP contribution is 2.10. The molecule has 2 aromatic carbocycles. The van der Waals surface area contributed by atoms with E-state index in [1.54, 1.807) is 32.9 Å². The van der Waals surface area contributed by atoms with Crippen LogP contribution in [0, 0.1) is 6.92 Å². The number of alkyl carbamates (subject to hydrolysis) is 1. The minimum atomic E-state index is -0.642. The molecule has 0 atom stereocenters. The predicted octanol–water partition coefficient (Wildman–Crippen LogP) is 3.71. The lowest BCUT2D eigenvalue weighted by molar-refractivity contribution is -0.121. The third kappa shape index (κ3) is 9.80. The summed E-state index contributed by atoms with van der Waals surface area (Å²) in [5.41, 5.74) is 3.24. The lowest BCUT2D eigenvalue weighted by atomic mass is 10.1. The van der Waals surface area contributed by atoms with Crippen molar-refractivity contribution in [2.75, 3.05) is 11.9 Å². The summed E-state index contributed by atoms with van der Waals surface area (Å²) < 4.78 is 5.08. The number of nitrogens with one attached hydrogen (secondary N) is 3. The third-order valence-electron chi connectivity index (χ3n) is 4.24. The smallest absolute Gasteiger partial charge is 0.408 e. The number of amides is 3. The predicted molar refractivity (Wildman–Crippen MR) is 121 cm³/mol. The molecule has 0 spiro atoms. The van der Waals surface area contributed by atoms with Gasteiger partial charge in [0.25, 0.3) is 0 Å². The van der Waals surface area contributed by atoms with Crippen LogP contribution in [0.1, 0.15) is 43.9 Å². The van der Waals surface area contributed by atoms with Crippen LogP contribution in [0.5, 0.6) is 0 Å². The monoisotopic (exact) mass is 425 g/mol. The Morgan fingerprint density at radius 2 is 1.61 bits per heavy atom. The first kappa shape index (κ1) is 23.9. The summed E-state index contributed by atoms with van der Waals surface area (Å²) in [5.74, 6) is -0.366. The molecule has 0 radical (unpaired) electrons. The molecule has 166 valence electrons. The molecule has 3 amide bonds. The molecule has 0 saturated carbocycles. The average Bonchev–Trinajstić information content (AvgIpc) is 2.69. The summed E-state index contributed by atoms with van der Waals surface area (Å²) in [7, 11) is 0. The van der Waals surface area contributed by atoms with Gasteiger partial charge in [-0.3, -0.25) is 9.59 Å². The van der Waals surface area contributed by atoms with E-state index in [4.69, 9.17) is 4.74 Å². The molecule has 31 heavy (non-hydrogen) atoms. The molecule has 0 unspecified atom stereocenters. The van der Waals surface area contributed by atoms with E-state index in [1.165, 1.54) is 5.56 Å². The fourth-order valence-corrected chi connectivity index (χ4v) is 2.79. The van der Waals surface area contributed by atoms with Crippen molar-refractivity contribution in [1.29, 1.82) is 0 Å². The van der Waals surface area contributed by atoms with Gasteiger partial charge in [-0.1, -0.05) is 42.0 Å². The third-order valence-corrected chi connectivity index (χ3v) is 4.24. The van der Waals surface area contributed by atoms with Gasteiger partial charge in [0.2, 0.25) is 11.8 Å². The molecule has 0 aliphatic heterocycles. The highest BCUT2D eigenvalue weighted by molar-refractivity contribution is 5.93.